The summed E-state index contributed by atoms with van der Waals surface area (Å²) in [5, 5.41) is 12.3. The van der Waals surface area contributed by atoms with Gasteiger partial charge in [-0.3, -0.25) is 4.79 Å². The van der Waals surface area contributed by atoms with Gasteiger partial charge in [0.15, 0.2) is 0 Å². The van der Waals surface area contributed by atoms with E-state index in [0.717, 1.165) is 5.56 Å². The number of hydrogen-bond donors (Lipinski definition) is 2. The molecule has 3 rings (SSSR count). The van der Waals surface area contributed by atoms with E-state index in [-0.39, 0.29) is 5.91 Å². The minimum Gasteiger partial charge on any atom is -0.478 e. The van der Waals surface area contributed by atoms with Crippen LogP contribution in [0.5, 0.6) is 0 Å². The summed E-state index contributed by atoms with van der Waals surface area (Å²) < 4.78 is 0. The van der Waals surface area contributed by atoms with Crippen LogP contribution in [0.3, 0.4) is 0 Å². The molecule has 2 saturated carbocycles. The maximum Gasteiger partial charge on any atom is 0.335 e. The third-order valence-electron chi connectivity index (χ3n) is 4.46. The molecule has 0 radical (unpaired) electrons. The molecule has 1 amide bonds. The number of nitrogens with one attached hydrogen (secondary N) is 1. The number of hydrogen-bond acceptors (Lipinski definition) is 2. The smallest absolute Gasteiger partial charge is 0.335 e. The van der Waals surface area contributed by atoms with Crippen LogP contribution in [0.2, 0.25) is 0 Å². The van der Waals surface area contributed by atoms with Gasteiger partial charge in [0.2, 0.25) is 5.91 Å². The Morgan fingerprint density at radius 3 is 2.33 bits per heavy atom. The lowest BCUT2D eigenvalue weighted by atomic mass is 10.0. The molecule has 0 aliphatic heterocycles. The quantitative estimate of drug-likeness (QED) is 0.810. The van der Waals surface area contributed by atoms with E-state index in [1.54, 1.807) is 18.2 Å². The van der Waals surface area contributed by atoms with Crippen LogP contribution in [-0.2, 0) is 11.2 Å². The zero-order valence-corrected chi connectivity index (χ0v) is 12.0. The normalized spacial score (nSPS) is 17.8. The van der Waals surface area contributed by atoms with Crippen molar-refractivity contribution in [3.8, 4) is 0 Å². The van der Waals surface area contributed by atoms with Gasteiger partial charge in [0.1, 0.15) is 0 Å². The number of amides is 1. The predicted molar refractivity (Wildman–Crippen MR) is 79.1 cm³/mol. The summed E-state index contributed by atoms with van der Waals surface area (Å²) in [5.41, 5.74) is 1.03. The van der Waals surface area contributed by atoms with Gasteiger partial charge in [0.25, 0.3) is 0 Å². The summed E-state index contributed by atoms with van der Waals surface area (Å²) in [4.78, 5) is 23.3. The van der Waals surface area contributed by atoms with Crippen LogP contribution in [0.4, 0.5) is 0 Å². The number of aryl methyl sites for hydroxylation is 1. The van der Waals surface area contributed by atoms with Crippen LogP contribution in [0.15, 0.2) is 24.3 Å². The van der Waals surface area contributed by atoms with E-state index in [0.29, 0.717) is 36.3 Å². The number of carbonyl (C=O) groups excluding carboxylic acids is 1. The molecular weight excluding hydrogens is 266 g/mol. The van der Waals surface area contributed by atoms with Crippen LogP contribution in [-0.4, -0.2) is 23.0 Å². The van der Waals surface area contributed by atoms with Crippen molar-refractivity contribution in [2.24, 2.45) is 11.8 Å². The minimum atomic E-state index is -0.931. The minimum absolute atomic E-state index is 0.0546. The zero-order chi connectivity index (χ0) is 14.8. The van der Waals surface area contributed by atoms with Crippen molar-refractivity contribution < 1.29 is 14.7 Å². The van der Waals surface area contributed by atoms with Crippen LogP contribution in [0, 0.1) is 11.8 Å². The average Bonchev–Trinajstić information content (AvgIpc) is 3.36. The highest BCUT2D eigenvalue weighted by molar-refractivity contribution is 5.89. The van der Waals surface area contributed by atoms with Gasteiger partial charge >= 0.3 is 5.97 Å². The van der Waals surface area contributed by atoms with Crippen molar-refractivity contribution in [1.29, 1.82) is 0 Å². The topological polar surface area (TPSA) is 66.4 Å². The average molecular weight is 287 g/mol. The summed E-state index contributed by atoms with van der Waals surface area (Å²) in [6, 6.07) is 7.27. The first-order valence-corrected chi connectivity index (χ1v) is 7.75. The Hall–Kier alpha value is -1.84. The third kappa shape index (κ3) is 3.63. The fourth-order valence-corrected chi connectivity index (χ4v) is 2.98. The molecule has 2 aliphatic carbocycles. The van der Waals surface area contributed by atoms with E-state index in [2.05, 4.69) is 5.32 Å². The molecule has 0 saturated heterocycles. The van der Waals surface area contributed by atoms with Crippen LogP contribution in [0.25, 0.3) is 0 Å². The van der Waals surface area contributed by atoms with Gasteiger partial charge in [0, 0.05) is 12.5 Å². The molecule has 2 fully saturated rings. The van der Waals surface area contributed by atoms with E-state index in [4.69, 9.17) is 5.11 Å². The first-order chi connectivity index (χ1) is 10.1. The van der Waals surface area contributed by atoms with E-state index >= 15 is 0 Å². The van der Waals surface area contributed by atoms with E-state index in [1.165, 1.54) is 25.7 Å². The fraction of sp³-hybridized carbons (Fsp3) is 0.529. The molecule has 2 N–H and O–H groups in total. The highest BCUT2D eigenvalue weighted by Crippen LogP contribution is 2.44. The second-order valence-corrected chi connectivity index (χ2v) is 6.23. The van der Waals surface area contributed by atoms with Gasteiger partial charge in [-0.15, -0.1) is 0 Å². The van der Waals surface area contributed by atoms with Crippen LogP contribution in [0.1, 0.15) is 48.0 Å². The Bertz CT molecular complexity index is 535. The SMILES string of the molecule is O=C(CCc1ccccc1C(=O)O)NC(C1CC1)C1CC1. The number of carboxylic acids is 1. The molecule has 21 heavy (non-hydrogen) atoms. The molecule has 4 nitrogen and oxygen atoms in total. The Balaban J connectivity index is 1.54. The molecule has 1 aromatic carbocycles. The molecular formula is C17H21NO3. The summed E-state index contributed by atoms with van der Waals surface area (Å²) in [7, 11) is 0. The van der Waals surface area contributed by atoms with Crippen LogP contribution >= 0.6 is 0 Å². The maximum absolute atomic E-state index is 12.1. The predicted octanol–water partition coefficient (Wildman–Crippen LogP) is 2.62. The lowest BCUT2D eigenvalue weighted by molar-refractivity contribution is -0.122. The number of aromatic carboxylic acids is 1. The second-order valence-electron chi connectivity index (χ2n) is 6.23. The Kier molecular flexibility index (Phi) is 3.95. The first kappa shape index (κ1) is 14.1. The molecule has 0 unspecified atom stereocenters. The summed E-state index contributed by atoms with van der Waals surface area (Å²) >= 11 is 0. The molecule has 1 aromatic rings. The molecule has 0 aromatic heterocycles. The Labute approximate surface area is 124 Å². The third-order valence-corrected chi connectivity index (χ3v) is 4.46. The maximum atomic E-state index is 12.1. The number of benzene rings is 1. The highest BCUT2D eigenvalue weighted by atomic mass is 16.4. The number of carboxylic acid groups (broad SMARTS) is 1. The molecule has 0 bridgehead atoms. The van der Waals surface area contributed by atoms with Gasteiger partial charge in [0.05, 0.1) is 5.56 Å². The van der Waals surface area contributed by atoms with Crippen molar-refractivity contribution >= 4 is 11.9 Å². The summed E-state index contributed by atoms with van der Waals surface area (Å²) in [6.45, 7) is 0. The first-order valence-electron chi connectivity index (χ1n) is 7.75. The highest BCUT2D eigenvalue weighted by Gasteiger charge is 2.42. The van der Waals surface area contributed by atoms with Crippen molar-refractivity contribution in [2.75, 3.05) is 0 Å². The molecule has 4 heteroatoms. The van der Waals surface area contributed by atoms with Crippen molar-refractivity contribution in [2.45, 2.75) is 44.6 Å². The molecule has 2 aliphatic rings. The lowest BCUT2D eigenvalue weighted by Crippen LogP contribution is -2.38. The monoisotopic (exact) mass is 287 g/mol. The fourth-order valence-electron chi connectivity index (χ4n) is 2.98. The van der Waals surface area contributed by atoms with Gasteiger partial charge in [-0.25, -0.2) is 4.79 Å². The van der Waals surface area contributed by atoms with Crippen molar-refractivity contribution in [1.82, 2.24) is 5.32 Å². The second kappa shape index (κ2) is 5.88. The van der Waals surface area contributed by atoms with Crippen LogP contribution < -0.4 is 5.32 Å². The summed E-state index contributed by atoms with van der Waals surface area (Å²) in [6.07, 6.45) is 5.80. The molecule has 112 valence electrons. The van der Waals surface area contributed by atoms with E-state index in [9.17, 15) is 9.59 Å². The van der Waals surface area contributed by atoms with Gasteiger partial charge in [-0.2, -0.15) is 0 Å². The van der Waals surface area contributed by atoms with Gasteiger partial charge < -0.3 is 10.4 Å². The summed E-state index contributed by atoms with van der Waals surface area (Å²) in [5.74, 6) is 0.499. The molecule has 0 atom stereocenters. The molecule has 0 heterocycles. The van der Waals surface area contributed by atoms with Crippen molar-refractivity contribution in [3.05, 3.63) is 35.4 Å². The lowest BCUT2D eigenvalue weighted by Gasteiger charge is -2.17. The largest absolute Gasteiger partial charge is 0.478 e. The Morgan fingerprint density at radius 2 is 1.76 bits per heavy atom. The Morgan fingerprint density at radius 1 is 1.14 bits per heavy atom. The van der Waals surface area contributed by atoms with Gasteiger partial charge in [-0.05, 0) is 55.6 Å². The molecule has 0 spiro atoms. The number of rotatable bonds is 7. The number of carbonyl (C=O) groups is 2. The van der Waals surface area contributed by atoms with Crippen molar-refractivity contribution in [3.63, 3.8) is 0 Å². The van der Waals surface area contributed by atoms with Gasteiger partial charge in [-0.1, -0.05) is 18.2 Å². The van der Waals surface area contributed by atoms with E-state index in [1.807, 2.05) is 6.07 Å². The zero-order valence-electron chi connectivity index (χ0n) is 12.0. The van der Waals surface area contributed by atoms with E-state index < -0.39 is 5.97 Å². The standard InChI is InChI=1S/C17H21NO3/c19-15(18-16(12-5-6-12)13-7-8-13)10-9-11-3-1-2-4-14(11)17(20)21/h1-4,12-13,16H,5-10H2,(H,18,19)(H,20,21).